The highest BCUT2D eigenvalue weighted by atomic mass is 16.2. The molecule has 0 spiro atoms. The van der Waals surface area contributed by atoms with E-state index in [-0.39, 0.29) is 5.91 Å². The minimum atomic E-state index is -0.458. The molecule has 1 amide bonds. The van der Waals surface area contributed by atoms with Gasteiger partial charge in [-0.2, -0.15) is 5.26 Å². The van der Waals surface area contributed by atoms with Crippen molar-refractivity contribution < 1.29 is 4.79 Å². The molecule has 0 radical (unpaired) electrons. The highest BCUT2D eigenvalue weighted by Crippen LogP contribution is 2.13. The van der Waals surface area contributed by atoms with Gasteiger partial charge >= 0.3 is 0 Å². The summed E-state index contributed by atoms with van der Waals surface area (Å²) in [6, 6.07) is 5.58. The molecule has 96 valence electrons. The van der Waals surface area contributed by atoms with Crippen molar-refractivity contribution in [1.29, 1.82) is 5.26 Å². The second-order valence-corrected chi connectivity index (χ2v) is 4.73. The van der Waals surface area contributed by atoms with Crippen molar-refractivity contribution >= 4 is 5.91 Å². The summed E-state index contributed by atoms with van der Waals surface area (Å²) in [6.45, 7) is 4.94. The fourth-order valence-corrected chi connectivity index (χ4v) is 1.58. The Labute approximate surface area is 107 Å². The fraction of sp³-hybridized carbons (Fsp3) is 0.462. The zero-order chi connectivity index (χ0) is 13.6. The Morgan fingerprint density at radius 2 is 2.28 bits per heavy atom. The molecule has 0 aliphatic heterocycles. The van der Waals surface area contributed by atoms with E-state index in [1.807, 2.05) is 26.0 Å². The highest BCUT2D eigenvalue weighted by molar-refractivity contribution is 5.81. The number of nitrogens with one attached hydrogen (secondary N) is 2. The van der Waals surface area contributed by atoms with Crippen LogP contribution in [0.1, 0.15) is 25.1 Å². The molecule has 5 heteroatoms. The minimum Gasteiger partial charge on any atom is -0.359 e. The first-order chi connectivity index (χ1) is 8.49. The van der Waals surface area contributed by atoms with E-state index >= 15 is 0 Å². The average Bonchev–Trinajstić information content (AvgIpc) is 2.37. The molecular weight excluding hydrogens is 228 g/mol. The zero-order valence-corrected chi connectivity index (χ0v) is 10.9. The molecule has 0 bridgehead atoms. The second-order valence-electron chi connectivity index (χ2n) is 4.73. The van der Waals surface area contributed by atoms with Crippen LogP contribution in [0.2, 0.25) is 0 Å². The van der Waals surface area contributed by atoms with Crippen molar-refractivity contribution in [2.24, 2.45) is 5.41 Å². The lowest BCUT2D eigenvalue weighted by molar-refractivity contribution is -0.128. The molecule has 1 rings (SSSR count). The topological polar surface area (TPSA) is 77.8 Å². The first kappa shape index (κ1) is 14.1. The van der Waals surface area contributed by atoms with Crippen LogP contribution < -0.4 is 10.6 Å². The minimum absolute atomic E-state index is 0.00226. The van der Waals surface area contributed by atoms with Crippen molar-refractivity contribution in [3.63, 3.8) is 0 Å². The van der Waals surface area contributed by atoms with E-state index in [1.54, 1.807) is 19.3 Å². The van der Waals surface area contributed by atoms with Crippen LogP contribution >= 0.6 is 0 Å². The molecule has 1 aromatic heterocycles. The second kappa shape index (κ2) is 6.12. The molecule has 0 saturated carbocycles. The number of carbonyl (C=O) groups is 1. The molecule has 18 heavy (non-hydrogen) atoms. The summed E-state index contributed by atoms with van der Waals surface area (Å²) >= 11 is 0. The molecule has 0 fully saturated rings. The molecule has 0 aromatic carbocycles. The Morgan fingerprint density at radius 3 is 2.89 bits per heavy atom. The van der Waals surface area contributed by atoms with Crippen molar-refractivity contribution in [2.75, 3.05) is 13.6 Å². The van der Waals surface area contributed by atoms with Gasteiger partial charge in [-0.1, -0.05) is 0 Å². The van der Waals surface area contributed by atoms with Gasteiger partial charge in [0.25, 0.3) is 0 Å². The zero-order valence-electron chi connectivity index (χ0n) is 10.9. The Kier molecular flexibility index (Phi) is 4.81. The maximum absolute atomic E-state index is 11.6. The predicted molar refractivity (Wildman–Crippen MR) is 68.5 cm³/mol. The van der Waals surface area contributed by atoms with Crippen LogP contribution in [-0.2, 0) is 11.3 Å². The molecule has 0 unspecified atom stereocenters. The summed E-state index contributed by atoms with van der Waals surface area (Å²) in [5, 5.41) is 14.6. The van der Waals surface area contributed by atoms with Gasteiger partial charge in [0, 0.05) is 26.3 Å². The maximum Gasteiger partial charge on any atom is 0.226 e. The van der Waals surface area contributed by atoms with Gasteiger partial charge in [-0.25, -0.2) is 4.98 Å². The smallest absolute Gasteiger partial charge is 0.226 e. The number of nitriles is 1. The number of aromatic nitrogens is 1. The first-order valence-electron chi connectivity index (χ1n) is 5.77. The molecular formula is C13H18N4O. The van der Waals surface area contributed by atoms with Gasteiger partial charge in [-0.3, -0.25) is 4.79 Å². The summed E-state index contributed by atoms with van der Waals surface area (Å²) in [5.74, 6) is 0.00226. The van der Waals surface area contributed by atoms with Crippen molar-refractivity contribution in [3.8, 4) is 6.07 Å². The molecule has 0 aliphatic carbocycles. The third kappa shape index (κ3) is 3.82. The van der Waals surface area contributed by atoms with Crippen molar-refractivity contribution in [1.82, 2.24) is 15.6 Å². The maximum atomic E-state index is 11.6. The van der Waals surface area contributed by atoms with Crippen LogP contribution in [0, 0.1) is 16.7 Å². The third-order valence-corrected chi connectivity index (χ3v) is 2.68. The summed E-state index contributed by atoms with van der Waals surface area (Å²) in [7, 11) is 1.63. The number of pyridine rings is 1. The van der Waals surface area contributed by atoms with E-state index in [2.05, 4.69) is 15.6 Å². The van der Waals surface area contributed by atoms with Gasteiger partial charge in [0.15, 0.2) is 0 Å². The normalized spacial score (nSPS) is 10.8. The first-order valence-corrected chi connectivity index (χ1v) is 5.77. The lowest BCUT2D eigenvalue weighted by Gasteiger charge is -2.22. The Bertz CT molecular complexity index is 462. The van der Waals surface area contributed by atoms with Gasteiger partial charge < -0.3 is 10.6 Å². The number of nitrogens with zero attached hydrogens (tertiary/aromatic N) is 2. The van der Waals surface area contributed by atoms with Gasteiger partial charge in [0.05, 0.1) is 5.41 Å². The van der Waals surface area contributed by atoms with Crippen LogP contribution in [0.25, 0.3) is 0 Å². The number of hydrogen-bond donors (Lipinski definition) is 2. The van der Waals surface area contributed by atoms with Gasteiger partial charge in [0.1, 0.15) is 11.8 Å². The lowest BCUT2D eigenvalue weighted by Crippen LogP contribution is -2.41. The number of carbonyl (C=O) groups excluding carboxylic acids is 1. The van der Waals surface area contributed by atoms with E-state index in [0.717, 1.165) is 5.56 Å². The van der Waals surface area contributed by atoms with Crippen LogP contribution in [0.15, 0.2) is 18.3 Å². The summed E-state index contributed by atoms with van der Waals surface area (Å²) < 4.78 is 0. The molecule has 0 atom stereocenters. The van der Waals surface area contributed by atoms with E-state index in [9.17, 15) is 4.79 Å². The molecule has 0 saturated heterocycles. The highest BCUT2D eigenvalue weighted by Gasteiger charge is 2.25. The monoisotopic (exact) mass is 246 g/mol. The number of rotatable bonds is 5. The largest absolute Gasteiger partial charge is 0.359 e. The van der Waals surface area contributed by atoms with E-state index < -0.39 is 5.41 Å². The third-order valence-electron chi connectivity index (χ3n) is 2.68. The number of amides is 1. The van der Waals surface area contributed by atoms with Gasteiger partial charge in [0.2, 0.25) is 5.91 Å². The van der Waals surface area contributed by atoms with Crippen molar-refractivity contribution in [2.45, 2.75) is 20.4 Å². The summed E-state index contributed by atoms with van der Waals surface area (Å²) in [5.41, 5.74) is 0.925. The summed E-state index contributed by atoms with van der Waals surface area (Å²) in [4.78, 5) is 15.5. The quantitative estimate of drug-likeness (QED) is 0.806. The van der Waals surface area contributed by atoms with Gasteiger partial charge in [-0.05, 0) is 31.5 Å². The van der Waals surface area contributed by atoms with Crippen molar-refractivity contribution in [3.05, 3.63) is 29.6 Å². The predicted octanol–water partition coefficient (Wildman–Crippen LogP) is 0.815. The van der Waals surface area contributed by atoms with Crippen LogP contribution in [0.4, 0.5) is 0 Å². The fourth-order valence-electron chi connectivity index (χ4n) is 1.58. The molecule has 0 aliphatic rings. The van der Waals surface area contributed by atoms with E-state index in [0.29, 0.717) is 18.8 Å². The average molecular weight is 246 g/mol. The van der Waals surface area contributed by atoms with Crippen LogP contribution in [-0.4, -0.2) is 24.5 Å². The van der Waals surface area contributed by atoms with Crippen LogP contribution in [0.3, 0.4) is 0 Å². The van der Waals surface area contributed by atoms with E-state index in [1.165, 1.54) is 0 Å². The van der Waals surface area contributed by atoms with Gasteiger partial charge in [-0.15, -0.1) is 0 Å². The SMILES string of the molecule is CNC(=O)C(C)(C)CNCc1ccnc(C#N)c1. The Morgan fingerprint density at radius 1 is 1.56 bits per heavy atom. The molecule has 2 N–H and O–H groups in total. The standard InChI is InChI=1S/C13H18N4O/c1-13(2,12(18)15-3)9-16-8-10-4-5-17-11(6-10)7-14/h4-6,16H,8-9H2,1-3H3,(H,15,18). The molecule has 1 heterocycles. The molecule has 1 aromatic rings. The van der Waals surface area contributed by atoms with Crippen LogP contribution in [0.5, 0.6) is 0 Å². The summed E-state index contributed by atoms with van der Waals surface area (Å²) in [6.07, 6.45) is 1.61. The molecule has 5 nitrogen and oxygen atoms in total. The lowest BCUT2D eigenvalue weighted by atomic mass is 9.92. The number of hydrogen-bond acceptors (Lipinski definition) is 4. The Balaban J connectivity index is 2.51. The van der Waals surface area contributed by atoms with E-state index in [4.69, 9.17) is 5.26 Å². The Hall–Kier alpha value is -1.93.